The molecule has 1 saturated heterocycles. The van der Waals surface area contributed by atoms with Gasteiger partial charge in [-0.1, -0.05) is 12.1 Å². The summed E-state index contributed by atoms with van der Waals surface area (Å²) in [6.45, 7) is 1.13. The Hall–Kier alpha value is -1.67. The van der Waals surface area contributed by atoms with Crippen LogP contribution in [-0.2, 0) is 25.6 Å². The van der Waals surface area contributed by atoms with Crippen molar-refractivity contribution in [3.8, 4) is 0 Å². The lowest BCUT2D eigenvalue weighted by Crippen LogP contribution is -2.43. The van der Waals surface area contributed by atoms with Crippen LogP contribution in [0.4, 0.5) is 5.69 Å². The Kier molecular flexibility index (Phi) is 8.70. The van der Waals surface area contributed by atoms with E-state index in [9.17, 15) is 9.59 Å². The first-order valence-electron chi connectivity index (χ1n) is 7.64. The van der Waals surface area contributed by atoms with E-state index in [0.29, 0.717) is 18.8 Å². The highest BCUT2D eigenvalue weighted by atomic mass is 35.5. The lowest BCUT2D eigenvalue weighted by molar-refractivity contribution is -0.125. The summed E-state index contributed by atoms with van der Waals surface area (Å²) < 4.78 is 10.2. The van der Waals surface area contributed by atoms with Crippen LogP contribution in [0, 0.1) is 0 Å². The van der Waals surface area contributed by atoms with E-state index in [-0.39, 0.29) is 36.9 Å². The van der Waals surface area contributed by atoms with Gasteiger partial charge in [-0.15, -0.1) is 12.4 Å². The average molecular weight is 358 g/mol. The van der Waals surface area contributed by atoms with E-state index in [1.807, 2.05) is 18.2 Å². The average Bonchev–Trinajstić information content (AvgIpc) is 3.08. The summed E-state index contributed by atoms with van der Waals surface area (Å²) in [5, 5.41) is 5.57. The number of ether oxygens (including phenoxy) is 2. The molecule has 1 aliphatic rings. The molecule has 8 heteroatoms. The SMILES string of the molecule is COCC(N)C(=O)NCc1cccc(NC(=O)C2CCCO2)c1.Cl. The Balaban J connectivity index is 0.00000288. The highest BCUT2D eigenvalue weighted by Crippen LogP contribution is 2.16. The normalized spacial score (nSPS) is 17.7. The standard InChI is InChI=1S/C16H23N3O4.ClH/c1-22-10-13(17)15(20)18-9-11-4-2-5-12(8-11)19-16(21)14-6-3-7-23-14;/h2,4-5,8,13-14H,3,6-7,9-10,17H2,1H3,(H,18,20)(H,19,21);1H. The van der Waals surface area contributed by atoms with Crippen molar-refractivity contribution in [3.63, 3.8) is 0 Å². The van der Waals surface area contributed by atoms with Crippen molar-refractivity contribution in [1.29, 1.82) is 0 Å². The fourth-order valence-electron chi connectivity index (χ4n) is 2.34. The van der Waals surface area contributed by atoms with Gasteiger partial charge in [-0.05, 0) is 30.5 Å². The topological polar surface area (TPSA) is 103 Å². The van der Waals surface area contributed by atoms with Gasteiger partial charge in [0.05, 0.1) is 6.61 Å². The molecular weight excluding hydrogens is 334 g/mol. The third-order valence-corrected chi connectivity index (χ3v) is 3.57. The summed E-state index contributed by atoms with van der Waals surface area (Å²) in [6, 6.07) is 6.61. The molecule has 0 aliphatic carbocycles. The van der Waals surface area contributed by atoms with E-state index >= 15 is 0 Å². The molecule has 1 aliphatic heterocycles. The number of anilines is 1. The number of carbonyl (C=O) groups is 2. The predicted molar refractivity (Wildman–Crippen MR) is 93.0 cm³/mol. The summed E-state index contributed by atoms with van der Waals surface area (Å²) in [5.74, 6) is -0.411. The highest BCUT2D eigenvalue weighted by molar-refractivity contribution is 5.94. The number of hydrogen-bond acceptors (Lipinski definition) is 5. The number of halogens is 1. The van der Waals surface area contributed by atoms with E-state index < -0.39 is 6.04 Å². The van der Waals surface area contributed by atoms with Gasteiger partial charge in [0.1, 0.15) is 12.1 Å². The van der Waals surface area contributed by atoms with Crippen molar-refractivity contribution in [2.45, 2.75) is 31.5 Å². The molecule has 0 bridgehead atoms. The largest absolute Gasteiger partial charge is 0.383 e. The number of methoxy groups -OCH3 is 1. The maximum atomic E-state index is 12.0. The molecule has 0 aromatic heterocycles. The summed E-state index contributed by atoms with van der Waals surface area (Å²) in [6.07, 6.45) is 1.29. The maximum Gasteiger partial charge on any atom is 0.253 e. The van der Waals surface area contributed by atoms with Crippen LogP contribution in [0.15, 0.2) is 24.3 Å². The fraction of sp³-hybridized carbons (Fsp3) is 0.500. The van der Waals surface area contributed by atoms with Gasteiger partial charge in [-0.25, -0.2) is 0 Å². The van der Waals surface area contributed by atoms with Crippen molar-refractivity contribution in [3.05, 3.63) is 29.8 Å². The van der Waals surface area contributed by atoms with Crippen LogP contribution in [0.5, 0.6) is 0 Å². The molecule has 1 fully saturated rings. The molecule has 0 saturated carbocycles. The first kappa shape index (κ1) is 20.4. The summed E-state index contributed by atoms with van der Waals surface area (Å²) in [7, 11) is 1.49. The Bertz CT molecular complexity index is 550. The van der Waals surface area contributed by atoms with Crippen LogP contribution < -0.4 is 16.4 Å². The van der Waals surface area contributed by atoms with Crippen LogP contribution in [0.1, 0.15) is 18.4 Å². The Morgan fingerprint density at radius 1 is 1.46 bits per heavy atom. The van der Waals surface area contributed by atoms with E-state index in [0.717, 1.165) is 18.4 Å². The molecule has 2 amide bonds. The molecule has 134 valence electrons. The predicted octanol–water partition coefficient (Wildman–Crippen LogP) is 0.816. The molecule has 0 spiro atoms. The lowest BCUT2D eigenvalue weighted by Gasteiger charge is -2.13. The minimum absolute atomic E-state index is 0. The lowest BCUT2D eigenvalue weighted by atomic mass is 10.1. The number of hydrogen-bond donors (Lipinski definition) is 3. The van der Waals surface area contributed by atoms with Crippen molar-refractivity contribution < 1.29 is 19.1 Å². The first-order chi connectivity index (χ1) is 11.1. The van der Waals surface area contributed by atoms with Gasteiger partial charge in [0.2, 0.25) is 5.91 Å². The second kappa shape index (κ2) is 10.2. The van der Waals surface area contributed by atoms with Crippen molar-refractivity contribution >= 4 is 29.9 Å². The fourth-order valence-corrected chi connectivity index (χ4v) is 2.34. The second-order valence-electron chi connectivity index (χ2n) is 5.47. The molecule has 1 heterocycles. The van der Waals surface area contributed by atoms with Crippen LogP contribution in [0.2, 0.25) is 0 Å². The zero-order valence-corrected chi connectivity index (χ0v) is 14.4. The molecular formula is C16H24ClN3O4. The number of carbonyl (C=O) groups excluding carboxylic acids is 2. The van der Waals surface area contributed by atoms with Crippen LogP contribution >= 0.6 is 12.4 Å². The van der Waals surface area contributed by atoms with Gasteiger partial charge in [0, 0.05) is 25.9 Å². The van der Waals surface area contributed by atoms with E-state index in [1.54, 1.807) is 6.07 Å². The molecule has 2 unspecified atom stereocenters. The van der Waals surface area contributed by atoms with Gasteiger partial charge >= 0.3 is 0 Å². The number of nitrogens with one attached hydrogen (secondary N) is 2. The van der Waals surface area contributed by atoms with Crippen LogP contribution in [-0.4, -0.2) is 44.3 Å². The third kappa shape index (κ3) is 6.09. The van der Waals surface area contributed by atoms with Crippen molar-refractivity contribution in [1.82, 2.24) is 5.32 Å². The van der Waals surface area contributed by atoms with E-state index in [1.165, 1.54) is 7.11 Å². The summed E-state index contributed by atoms with van der Waals surface area (Å²) >= 11 is 0. The molecule has 1 aromatic rings. The Labute approximate surface area is 147 Å². The zero-order chi connectivity index (χ0) is 16.7. The van der Waals surface area contributed by atoms with Gasteiger partial charge in [-0.3, -0.25) is 9.59 Å². The molecule has 0 radical (unpaired) electrons. The highest BCUT2D eigenvalue weighted by Gasteiger charge is 2.23. The molecule has 1 aromatic carbocycles. The zero-order valence-electron chi connectivity index (χ0n) is 13.6. The molecule has 4 N–H and O–H groups in total. The van der Waals surface area contributed by atoms with Gasteiger partial charge < -0.3 is 25.8 Å². The van der Waals surface area contributed by atoms with Gasteiger partial charge in [0.25, 0.3) is 5.91 Å². The smallest absolute Gasteiger partial charge is 0.253 e. The second-order valence-corrected chi connectivity index (χ2v) is 5.47. The van der Waals surface area contributed by atoms with Gasteiger partial charge in [0.15, 0.2) is 0 Å². The molecule has 2 rings (SSSR count). The van der Waals surface area contributed by atoms with E-state index in [2.05, 4.69) is 10.6 Å². The van der Waals surface area contributed by atoms with Gasteiger partial charge in [-0.2, -0.15) is 0 Å². The third-order valence-electron chi connectivity index (χ3n) is 3.57. The Morgan fingerprint density at radius 3 is 2.92 bits per heavy atom. The quantitative estimate of drug-likeness (QED) is 0.670. The monoisotopic (exact) mass is 357 g/mol. The summed E-state index contributed by atoms with van der Waals surface area (Å²) in [4.78, 5) is 23.8. The number of benzene rings is 1. The number of nitrogens with two attached hydrogens (primary N) is 1. The van der Waals surface area contributed by atoms with Crippen LogP contribution in [0.3, 0.4) is 0 Å². The number of amides is 2. The Morgan fingerprint density at radius 2 is 2.25 bits per heavy atom. The minimum atomic E-state index is -0.692. The molecule has 2 atom stereocenters. The number of rotatable bonds is 7. The molecule has 7 nitrogen and oxygen atoms in total. The van der Waals surface area contributed by atoms with Crippen molar-refractivity contribution in [2.24, 2.45) is 5.73 Å². The van der Waals surface area contributed by atoms with Crippen LogP contribution in [0.25, 0.3) is 0 Å². The minimum Gasteiger partial charge on any atom is -0.383 e. The van der Waals surface area contributed by atoms with E-state index in [4.69, 9.17) is 15.2 Å². The van der Waals surface area contributed by atoms with Crippen molar-refractivity contribution in [2.75, 3.05) is 25.6 Å². The first-order valence-corrected chi connectivity index (χ1v) is 7.64. The maximum absolute atomic E-state index is 12.0. The molecule has 24 heavy (non-hydrogen) atoms. The summed E-state index contributed by atoms with van der Waals surface area (Å²) in [5.41, 5.74) is 7.20.